The van der Waals surface area contributed by atoms with E-state index in [2.05, 4.69) is 10.6 Å². The van der Waals surface area contributed by atoms with E-state index in [0.29, 0.717) is 0 Å². The molecule has 0 bridgehead atoms. The molecule has 202 valence electrons. The Kier molecular flexibility index (Phi) is 10.1. The quantitative estimate of drug-likeness (QED) is 0.217. The topological polar surface area (TPSA) is 176 Å². The van der Waals surface area contributed by atoms with Gasteiger partial charge in [-0.2, -0.15) is 0 Å². The molecule has 2 fully saturated rings. The lowest BCUT2D eigenvalue weighted by Gasteiger charge is -2.44. The second-order valence-electron chi connectivity index (χ2n) is 8.77. The molecule has 12 nitrogen and oxygen atoms in total. The summed E-state index contributed by atoms with van der Waals surface area (Å²) in [5, 5.41) is 45.9. The highest BCUT2D eigenvalue weighted by molar-refractivity contribution is 5.73. The predicted octanol–water partition coefficient (Wildman–Crippen LogP) is -1.91. The SMILES string of the molecule is CC(=O)N[C@@H]1[C@@H](OCc2ccccc2)O[C@H](CO[C@@H]2O[C@H](CO)[C@@H](F)[C@H](O)[C@@H]2NC(C)=O)[C@H](O)[C@@H]1O. The van der Waals surface area contributed by atoms with Crippen LogP contribution in [0, 0.1) is 0 Å². The molecule has 0 spiro atoms. The van der Waals surface area contributed by atoms with Gasteiger partial charge in [0.25, 0.3) is 0 Å². The van der Waals surface area contributed by atoms with Gasteiger partial charge in [0.1, 0.15) is 42.6 Å². The van der Waals surface area contributed by atoms with Gasteiger partial charge in [-0.05, 0) is 5.56 Å². The maximum absolute atomic E-state index is 14.4. The molecule has 2 heterocycles. The van der Waals surface area contributed by atoms with E-state index >= 15 is 0 Å². The summed E-state index contributed by atoms with van der Waals surface area (Å²) in [7, 11) is 0. The Hall–Kier alpha value is -2.23. The van der Waals surface area contributed by atoms with Crippen molar-refractivity contribution in [2.45, 2.75) is 81.8 Å². The summed E-state index contributed by atoms with van der Waals surface area (Å²) in [4.78, 5) is 23.2. The number of hydrogen-bond donors (Lipinski definition) is 6. The molecule has 0 aliphatic carbocycles. The van der Waals surface area contributed by atoms with Crippen LogP contribution < -0.4 is 10.6 Å². The summed E-state index contributed by atoms with van der Waals surface area (Å²) in [6, 6.07) is 6.67. The average Bonchev–Trinajstić information content (AvgIpc) is 2.85. The minimum absolute atomic E-state index is 0.0799. The number of hydrogen-bond acceptors (Lipinski definition) is 10. The van der Waals surface area contributed by atoms with Gasteiger partial charge in [-0.25, -0.2) is 4.39 Å². The van der Waals surface area contributed by atoms with Crippen LogP contribution in [0.1, 0.15) is 19.4 Å². The molecule has 0 radical (unpaired) electrons. The molecule has 1 aromatic carbocycles. The number of aliphatic hydroxyl groups is 4. The summed E-state index contributed by atoms with van der Waals surface area (Å²) < 4.78 is 37.0. The van der Waals surface area contributed by atoms with Gasteiger partial charge in [0.2, 0.25) is 11.8 Å². The van der Waals surface area contributed by atoms with E-state index in [1.807, 2.05) is 30.3 Å². The van der Waals surface area contributed by atoms with Gasteiger partial charge in [0.05, 0.1) is 19.8 Å². The number of alkyl halides is 1. The third-order valence-corrected chi connectivity index (χ3v) is 5.95. The van der Waals surface area contributed by atoms with Crippen molar-refractivity contribution in [1.82, 2.24) is 10.6 Å². The number of aliphatic hydroxyl groups excluding tert-OH is 4. The van der Waals surface area contributed by atoms with Gasteiger partial charge in [-0.3, -0.25) is 9.59 Å². The molecular formula is C23H33FN2O10. The standard InChI is InChI=1S/C23H33FN2O10/c1-11(28)25-17-20(31)16(24)14(8-27)35-22(17)34-10-15-19(30)21(32)18(26-12(2)29)23(36-15)33-9-13-6-4-3-5-7-13/h3-7,14-23,27,30-32H,8-10H2,1-2H3,(H,25,28)(H,26,29)/t14-,15-,16-,17+,18+,19+,20+,21-,22-,23+/m1/s1. The van der Waals surface area contributed by atoms with Crippen LogP contribution in [0.15, 0.2) is 30.3 Å². The van der Waals surface area contributed by atoms with Crippen LogP contribution in [0.25, 0.3) is 0 Å². The highest BCUT2D eigenvalue weighted by atomic mass is 19.1. The summed E-state index contributed by atoms with van der Waals surface area (Å²) in [5.41, 5.74) is 0.801. The zero-order chi connectivity index (χ0) is 26.4. The van der Waals surface area contributed by atoms with Gasteiger partial charge in [-0.15, -0.1) is 0 Å². The minimum atomic E-state index is -1.99. The van der Waals surface area contributed by atoms with E-state index in [-0.39, 0.29) is 6.61 Å². The van der Waals surface area contributed by atoms with Crippen molar-refractivity contribution in [2.24, 2.45) is 0 Å². The molecule has 3 rings (SSSR count). The van der Waals surface area contributed by atoms with Crippen LogP contribution in [0.2, 0.25) is 0 Å². The molecule has 0 unspecified atom stereocenters. The molecule has 36 heavy (non-hydrogen) atoms. The molecule has 2 aliphatic rings. The maximum Gasteiger partial charge on any atom is 0.217 e. The smallest absolute Gasteiger partial charge is 0.217 e. The van der Waals surface area contributed by atoms with Gasteiger partial charge in [0, 0.05) is 13.8 Å². The number of amides is 2. The van der Waals surface area contributed by atoms with E-state index in [4.69, 9.17) is 18.9 Å². The Labute approximate surface area is 207 Å². The number of carbonyl (C=O) groups excluding carboxylic acids is 2. The Morgan fingerprint density at radius 2 is 1.44 bits per heavy atom. The highest BCUT2D eigenvalue weighted by Gasteiger charge is 2.49. The molecule has 6 N–H and O–H groups in total. The molecule has 13 heteroatoms. The number of benzene rings is 1. The zero-order valence-corrected chi connectivity index (χ0v) is 19.9. The lowest BCUT2D eigenvalue weighted by molar-refractivity contribution is -0.301. The van der Waals surface area contributed by atoms with Crippen molar-refractivity contribution in [3.05, 3.63) is 35.9 Å². The summed E-state index contributed by atoms with van der Waals surface area (Å²) >= 11 is 0. The summed E-state index contributed by atoms with van der Waals surface area (Å²) in [5.74, 6) is -1.06. The van der Waals surface area contributed by atoms with Gasteiger partial charge in [0.15, 0.2) is 18.8 Å². The van der Waals surface area contributed by atoms with Crippen LogP contribution in [0.5, 0.6) is 0 Å². The Balaban J connectivity index is 1.71. The van der Waals surface area contributed by atoms with Crippen LogP contribution >= 0.6 is 0 Å². The predicted molar refractivity (Wildman–Crippen MR) is 120 cm³/mol. The highest BCUT2D eigenvalue weighted by Crippen LogP contribution is 2.27. The number of rotatable bonds is 9. The number of carbonyl (C=O) groups is 2. The van der Waals surface area contributed by atoms with Crippen LogP contribution in [0.3, 0.4) is 0 Å². The largest absolute Gasteiger partial charge is 0.394 e. The minimum Gasteiger partial charge on any atom is -0.394 e. The second-order valence-corrected chi connectivity index (χ2v) is 8.77. The Morgan fingerprint density at radius 3 is 2.03 bits per heavy atom. The van der Waals surface area contributed by atoms with E-state index in [1.54, 1.807) is 0 Å². The first-order valence-corrected chi connectivity index (χ1v) is 11.5. The van der Waals surface area contributed by atoms with Crippen LogP contribution in [-0.4, -0.2) is 107 Å². The number of ether oxygens (including phenoxy) is 4. The number of halogens is 1. The van der Waals surface area contributed by atoms with Gasteiger partial charge in [-0.1, -0.05) is 30.3 Å². The number of nitrogens with one attached hydrogen (secondary N) is 2. The Bertz CT molecular complexity index is 865. The molecule has 2 aliphatic heterocycles. The summed E-state index contributed by atoms with van der Waals surface area (Å²) in [6.45, 7) is 1.30. The Morgan fingerprint density at radius 1 is 0.889 bits per heavy atom. The maximum atomic E-state index is 14.4. The van der Waals surface area contributed by atoms with Crippen molar-refractivity contribution in [2.75, 3.05) is 13.2 Å². The van der Waals surface area contributed by atoms with Crippen molar-refractivity contribution in [1.29, 1.82) is 0 Å². The molecule has 2 amide bonds. The first-order chi connectivity index (χ1) is 17.1. The lowest BCUT2D eigenvalue weighted by Crippen LogP contribution is -2.66. The third-order valence-electron chi connectivity index (χ3n) is 5.95. The van der Waals surface area contributed by atoms with Crippen molar-refractivity contribution in [3.63, 3.8) is 0 Å². The van der Waals surface area contributed by atoms with Crippen molar-refractivity contribution >= 4 is 11.8 Å². The van der Waals surface area contributed by atoms with Crippen LogP contribution in [0.4, 0.5) is 4.39 Å². The molecule has 10 atom stereocenters. The first-order valence-electron chi connectivity index (χ1n) is 11.5. The third kappa shape index (κ3) is 6.95. The van der Waals surface area contributed by atoms with E-state index in [9.17, 15) is 34.4 Å². The summed E-state index contributed by atoms with van der Waals surface area (Å²) in [6.07, 6.45) is -11.9. The van der Waals surface area contributed by atoms with Gasteiger partial charge >= 0.3 is 0 Å². The van der Waals surface area contributed by atoms with E-state index in [1.165, 1.54) is 6.92 Å². The monoisotopic (exact) mass is 516 g/mol. The first kappa shape index (κ1) is 28.3. The van der Waals surface area contributed by atoms with Crippen molar-refractivity contribution < 1.29 is 53.4 Å². The fourth-order valence-electron chi connectivity index (χ4n) is 4.13. The molecule has 0 saturated carbocycles. The van der Waals surface area contributed by atoms with E-state index < -0.39 is 86.4 Å². The fourth-order valence-corrected chi connectivity index (χ4v) is 4.13. The molecule has 2 saturated heterocycles. The average molecular weight is 517 g/mol. The normalized spacial score (nSPS) is 36.8. The molecule has 1 aromatic rings. The van der Waals surface area contributed by atoms with E-state index in [0.717, 1.165) is 12.5 Å². The fraction of sp³-hybridized carbons (Fsp3) is 0.652. The zero-order valence-electron chi connectivity index (χ0n) is 19.9. The molecule has 0 aromatic heterocycles. The lowest BCUT2D eigenvalue weighted by atomic mass is 9.96. The van der Waals surface area contributed by atoms with Gasteiger partial charge < -0.3 is 50.0 Å². The second kappa shape index (κ2) is 12.8. The van der Waals surface area contributed by atoms with Crippen molar-refractivity contribution in [3.8, 4) is 0 Å². The molecular weight excluding hydrogens is 483 g/mol. The van der Waals surface area contributed by atoms with Crippen LogP contribution in [-0.2, 0) is 35.1 Å².